The molecule has 0 aliphatic carbocycles. The predicted octanol–water partition coefficient (Wildman–Crippen LogP) is -8.76. The predicted molar refractivity (Wildman–Crippen MR) is 168 cm³/mol. The minimum absolute atomic E-state index is 0. The molecule has 2 aromatic rings. The van der Waals surface area contributed by atoms with E-state index in [1.165, 1.54) is 7.11 Å². The van der Waals surface area contributed by atoms with Crippen LogP contribution in [0.4, 0.5) is 0 Å². The number of aliphatic carboxylic acids is 1. The Labute approximate surface area is 341 Å². The van der Waals surface area contributed by atoms with Crippen LogP contribution in [0.3, 0.4) is 0 Å². The standard InChI is InChI=1S/C31H43NO15SSi.2Na/c1-17(33)32-21-26(47-48(39,40)41)25(45-30-24(36)22(34)23(35)27(46-30)28(37)38)20(44-29(21)42-5)16-43-49(31(2,3)4,18-12-8-6-9-13-18)19-14-10-7-11-15-19;;/h6-15,20-27,29-30,34-36H,16H2,1-5H3,(H,32,33)(H,37,38)(H,39,40,41);;/q;2*+1/p-2/t20-,21-,22+,23+,24-,25-,26-,27+,29+,30-;;/m1../s1. The fourth-order valence-electron chi connectivity index (χ4n) is 6.32. The average molecular weight is 774 g/mol. The van der Waals surface area contributed by atoms with Crippen molar-refractivity contribution in [3.8, 4) is 0 Å². The van der Waals surface area contributed by atoms with Crippen molar-refractivity contribution >= 4 is 41.0 Å². The molecule has 2 aromatic carbocycles. The van der Waals surface area contributed by atoms with Gasteiger partial charge in [-0.2, -0.15) is 0 Å². The monoisotopic (exact) mass is 773 g/mol. The molecule has 16 nitrogen and oxygen atoms in total. The molecule has 10 atom stereocenters. The van der Waals surface area contributed by atoms with Crippen LogP contribution in [0, 0.1) is 0 Å². The van der Waals surface area contributed by atoms with E-state index in [4.69, 9.17) is 27.6 Å². The van der Waals surface area contributed by atoms with Crippen LogP contribution in [0.1, 0.15) is 27.7 Å². The van der Waals surface area contributed by atoms with E-state index < -0.39 is 104 Å². The van der Waals surface area contributed by atoms with Gasteiger partial charge in [-0.05, 0) is 15.4 Å². The second-order valence-electron chi connectivity index (χ2n) is 12.8. The number of carbonyl (C=O) groups excluding carboxylic acids is 2. The Morgan fingerprint density at radius 2 is 1.41 bits per heavy atom. The molecule has 0 aromatic heterocycles. The second kappa shape index (κ2) is 19.1. The summed E-state index contributed by atoms with van der Waals surface area (Å²) in [6.07, 6.45) is -17.3. The summed E-state index contributed by atoms with van der Waals surface area (Å²) in [5.41, 5.74) is 0. The molecule has 20 heteroatoms. The maximum atomic E-state index is 12.2. The third-order valence-corrected chi connectivity index (χ3v) is 13.9. The third-order valence-electron chi connectivity index (χ3n) is 8.45. The second-order valence-corrected chi connectivity index (χ2v) is 18.1. The number of aliphatic hydroxyl groups is 3. The first-order valence-corrected chi connectivity index (χ1v) is 18.6. The van der Waals surface area contributed by atoms with Gasteiger partial charge in [-0.1, -0.05) is 81.4 Å². The number of methoxy groups -OCH3 is 1. The maximum Gasteiger partial charge on any atom is 1.00 e. The number of hydrogen-bond donors (Lipinski definition) is 4. The number of carbonyl (C=O) groups is 2. The summed E-state index contributed by atoms with van der Waals surface area (Å²) in [5, 5.41) is 46.7. The molecule has 4 N–H and O–H groups in total. The average Bonchev–Trinajstić information content (AvgIpc) is 3.03. The molecule has 2 aliphatic rings. The molecular formula is C31H41NNa2O15SSi. The molecule has 2 heterocycles. The summed E-state index contributed by atoms with van der Waals surface area (Å²) in [6.45, 7) is 6.68. The number of aliphatic hydroxyl groups excluding tert-OH is 3. The summed E-state index contributed by atoms with van der Waals surface area (Å²) in [6, 6.07) is 17.3. The number of carboxylic acid groups (broad SMARTS) is 1. The molecule has 2 aliphatic heterocycles. The van der Waals surface area contributed by atoms with E-state index in [0.717, 1.165) is 17.3 Å². The first-order valence-electron chi connectivity index (χ1n) is 15.3. The van der Waals surface area contributed by atoms with Gasteiger partial charge in [0.15, 0.2) is 12.6 Å². The van der Waals surface area contributed by atoms with Gasteiger partial charge in [-0.15, -0.1) is 0 Å². The fourth-order valence-corrected chi connectivity index (χ4v) is 11.4. The molecule has 0 radical (unpaired) electrons. The summed E-state index contributed by atoms with van der Waals surface area (Å²) in [5.74, 6) is -2.66. The van der Waals surface area contributed by atoms with E-state index in [2.05, 4.69) is 5.32 Å². The molecule has 272 valence electrons. The van der Waals surface area contributed by atoms with Gasteiger partial charge in [-0.25, -0.2) is 8.42 Å². The molecule has 0 spiro atoms. The van der Waals surface area contributed by atoms with E-state index in [0.29, 0.717) is 0 Å². The van der Waals surface area contributed by atoms with Crippen molar-refractivity contribution in [3.63, 3.8) is 0 Å². The smallest absolute Gasteiger partial charge is 0.726 e. The zero-order chi connectivity index (χ0) is 36.3. The Hall–Kier alpha value is -0.853. The number of nitrogens with one attached hydrogen (secondary N) is 1. The SMILES string of the molecule is CO[C@H]1O[C@H](CO[Si](c2ccccc2)(c2ccccc2)C(C)(C)C)[C@@H](O[C@@H]2O[C@H](C(=O)[O-])[C@@H](O)[C@H](O)[C@H]2O)[C@H](OS(=O)(=O)[O-])[C@H]1NC(C)=O.[Na+].[Na+]. The summed E-state index contributed by atoms with van der Waals surface area (Å²) in [4.78, 5) is 23.9. The third kappa shape index (κ3) is 10.7. The number of amides is 1. The van der Waals surface area contributed by atoms with Crippen LogP contribution in [0.2, 0.25) is 5.04 Å². The number of hydrogen-bond acceptors (Lipinski definition) is 15. The van der Waals surface area contributed by atoms with E-state index in [1.807, 2.05) is 81.4 Å². The molecule has 2 fully saturated rings. The van der Waals surface area contributed by atoms with E-state index in [-0.39, 0.29) is 59.1 Å². The van der Waals surface area contributed by atoms with Gasteiger partial charge in [0, 0.05) is 14.0 Å². The number of carboxylic acids is 1. The van der Waals surface area contributed by atoms with Crippen molar-refractivity contribution in [2.45, 2.75) is 94.1 Å². The zero-order valence-corrected chi connectivity index (χ0v) is 35.2. The van der Waals surface area contributed by atoms with Crippen molar-refractivity contribution in [1.29, 1.82) is 0 Å². The van der Waals surface area contributed by atoms with Gasteiger partial charge < -0.3 is 58.5 Å². The number of rotatable bonds is 12. The van der Waals surface area contributed by atoms with Crippen LogP contribution in [0.15, 0.2) is 60.7 Å². The van der Waals surface area contributed by atoms with Crippen LogP contribution in [0.5, 0.6) is 0 Å². The number of ether oxygens (including phenoxy) is 4. The zero-order valence-electron chi connectivity index (χ0n) is 29.4. The van der Waals surface area contributed by atoms with Crippen molar-refractivity contribution in [1.82, 2.24) is 5.32 Å². The number of benzene rings is 2. The summed E-state index contributed by atoms with van der Waals surface area (Å²) in [7, 11) is -7.68. The Morgan fingerprint density at radius 3 is 1.84 bits per heavy atom. The van der Waals surface area contributed by atoms with Gasteiger partial charge in [0.25, 0.3) is 8.32 Å². The Bertz CT molecular complexity index is 1500. The topological polar surface area (TPSA) is 242 Å². The minimum atomic E-state index is -5.55. The molecule has 0 bridgehead atoms. The van der Waals surface area contributed by atoms with Gasteiger partial charge in [0.1, 0.15) is 48.8 Å². The first kappa shape index (κ1) is 46.3. The normalized spacial score (nSPS) is 30.0. The quantitative estimate of drug-likeness (QED) is 0.0890. The first-order chi connectivity index (χ1) is 22.9. The molecule has 2 saturated heterocycles. The van der Waals surface area contributed by atoms with Crippen LogP contribution in [-0.2, 0) is 47.5 Å². The van der Waals surface area contributed by atoms with Crippen molar-refractivity contribution < 1.29 is 130 Å². The van der Waals surface area contributed by atoms with Crippen molar-refractivity contribution in [2.75, 3.05) is 13.7 Å². The van der Waals surface area contributed by atoms with Gasteiger partial charge in [-0.3, -0.25) is 8.98 Å². The van der Waals surface area contributed by atoms with Crippen LogP contribution < -0.4 is 79.9 Å². The fraction of sp³-hybridized carbons (Fsp3) is 0.548. The van der Waals surface area contributed by atoms with Gasteiger partial charge >= 0.3 is 59.1 Å². The molecule has 0 saturated carbocycles. The molecular weight excluding hydrogens is 732 g/mol. The summed E-state index contributed by atoms with van der Waals surface area (Å²) >= 11 is 0. The maximum absolute atomic E-state index is 12.2. The Morgan fingerprint density at radius 1 is 0.882 bits per heavy atom. The van der Waals surface area contributed by atoms with Gasteiger partial charge in [0.05, 0.1) is 12.6 Å². The van der Waals surface area contributed by atoms with Crippen LogP contribution in [0.25, 0.3) is 0 Å². The van der Waals surface area contributed by atoms with Crippen LogP contribution in [-0.4, -0.2) is 124 Å². The van der Waals surface area contributed by atoms with Crippen molar-refractivity contribution in [2.24, 2.45) is 0 Å². The minimum Gasteiger partial charge on any atom is -0.726 e. The molecule has 51 heavy (non-hydrogen) atoms. The molecule has 4 rings (SSSR count). The summed E-state index contributed by atoms with van der Waals surface area (Å²) < 4.78 is 70.9. The van der Waals surface area contributed by atoms with E-state index >= 15 is 0 Å². The van der Waals surface area contributed by atoms with Crippen LogP contribution >= 0.6 is 0 Å². The van der Waals surface area contributed by atoms with E-state index in [9.17, 15) is 43.0 Å². The largest absolute Gasteiger partial charge is 1.00 e. The van der Waals surface area contributed by atoms with Gasteiger partial charge in [0.2, 0.25) is 16.3 Å². The molecule has 0 unspecified atom stereocenters. The Balaban J connectivity index is 0.00000451. The molecule has 1 amide bonds. The Kier molecular flexibility index (Phi) is 17.4. The van der Waals surface area contributed by atoms with Crippen molar-refractivity contribution in [3.05, 3.63) is 60.7 Å². The van der Waals surface area contributed by atoms with E-state index in [1.54, 1.807) is 0 Å².